The molecule has 0 amide bonds. The third kappa shape index (κ3) is 2.83. The van der Waals surface area contributed by atoms with Gasteiger partial charge >= 0.3 is 0 Å². The Kier molecular flexibility index (Phi) is 4.38. The van der Waals surface area contributed by atoms with Gasteiger partial charge in [0.15, 0.2) is 0 Å². The van der Waals surface area contributed by atoms with E-state index in [4.69, 9.17) is 5.73 Å². The minimum Gasteiger partial charge on any atom is -0.357 e. The summed E-state index contributed by atoms with van der Waals surface area (Å²) < 4.78 is 1.84. The number of piperidine rings is 1. The number of aromatic nitrogens is 4. The number of pyridine rings is 1. The van der Waals surface area contributed by atoms with Crippen molar-refractivity contribution in [3.63, 3.8) is 0 Å². The highest BCUT2D eigenvalue weighted by Crippen LogP contribution is 2.22. The molecule has 22 heavy (non-hydrogen) atoms. The number of hydrogen-bond donors (Lipinski definition) is 1. The fourth-order valence-corrected chi connectivity index (χ4v) is 2.98. The average Bonchev–Trinajstić information content (AvgIpc) is 2.98. The molecule has 0 saturated carbocycles. The Morgan fingerprint density at radius 3 is 2.64 bits per heavy atom. The molecule has 1 saturated heterocycles. The molecule has 0 radical (unpaired) electrons. The highest BCUT2D eigenvalue weighted by Gasteiger charge is 2.17. The maximum atomic E-state index is 5.71. The zero-order chi connectivity index (χ0) is 15.5. The Labute approximate surface area is 131 Å². The van der Waals surface area contributed by atoms with Gasteiger partial charge in [-0.25, -0.2) is 9.67 Å². The molecular weight excluding hydrogens is 276 g/mol. The van der Waals surface area contributed by atoms with Gasteiger partial charge in [-0.3, -0.25) is 0 Å². The van der Waals surface area contributed by atoms with Gasteiger partial charge < -0.3 is 10.6 Å². The molecule has 2 aromatic heterocycles. The van der Waals surface area contributed by atoms with E-state index in [0.29, 0.717) is 6.54 Å². The predicted octanol–water partition coefficient (Wildman–Crippen LogP) is 1.92. The Hall–Kier alpha value is -1.95. The van der Waals surface area contributed by atoms with Crippen molar-refractivity contribution in [2.75, 3.05) is 18.0 Å². The summed E-state index contributed by atoms with van der Waals surface area (Å²) in [5.74, 6) is 1.88. The summed E-state index contributed by atoms with van der Waals surface area (Å²) in [6.07, 6.45) is 5.21. The van der Waals surface area contributed by atoms with Crippen molar-refractivity contribution in [2.45, 2.75) is 39.7 Å². The lowest BCUT2D eigenvalue weighted by Gasteiger charge is -2.31. The predicted molar refractivity (Wildman–Crippen MR) is 87.0 cm³/mol. The number of anilines is 1. The van der Waals surface area contributed by atoms with Crippen molar-refractivity contribution in [3.8, 4) is 5.69 Å². The zero-order valence-electron chi connectivity index (χ0n) is 13.4. The first-order valence-corrected chi connectivity index (χ1v) is 8.07. The van der Waals surface area contributed by atoms with Gasteiger partial charge in [0, 0.05) is 19.6 Å². The number of rotatable bonds is 4. The third-order valence-electron chi connectivity index (χ3n) is 4.46. The first-order chi connectivity index (χ1) is 10.7. The van der Waals surface area contributed by atoms with Crippen molar-refractivity contribution in [2.24, 2.45) is 11.7 Å². The Bertz CT molecular complexity index is 610. The maximum absolute atomic E-state index is 5.71. The Balaban J connectivity index is 1.81. The van der Waals surface area contributed by atoms with E-state index in [-0.39, 0.29) is 0 Å². The largest absolute Gasteiger partial charge is 0.357 e. The van der Waals surface area contributed by atoms with Crippen molar-refractivity contribution in [1.29, 1.82) is 0 Å². The van der Waals surface area contributed by atoms with Gasteiger partial charge in [-0.2, -0.15) is 0 Å². The van der Waals surface area contributed by atoms with Crippen LogP contribution in [0, 0.1) is 5.92 Å². The molecule has 1 aliphatic rings. The van der Waals surface area contributed by atoms with E-state index < -0.39 is 0 Å². The van der Waals surface area contributed by atoms with Crippen LogP contribution in [0.1, 0.15) is 38.1 Å². The van der Waals surface area contributed by atoms with Crippen LogP contribution < -0.4 is 10.6 Å². The number of hydrogen-bond acceptors (Lipinski definition) is 5. The van der Waals surface area contributed by atoms with Crippen molar-refractivity contribution in [1.82, 2.24) is 20.0 Å². The summed E-state index contributed by atoms with van der Waals surface area (Å²) in [7, 11) is 0. The highest BCUT2D eigenvalue weighted by atomic mass is 15.4. The van der Waals surface area contributed by atoms with E-state index in [1.807, 2.05) is 10.9 Å². The summed E-state index contributed by atoms with van der Waals surface area (Å²) in [5.41, 5.74) is 8.57. The standard InChI is InChI=1S/C16H24N6/c1-3-15-14(10-17)19-20-22(15)13-4-5-16(18-11-13)21-8-6-12(2)7-9-21/h4-5,11-12H,3,6-10,17H2,1-2H3. The molecule has 6 nitrogen and oxygen atoms in total. The molecule has 0 unspecified atom stereocenters. The fraction of sp³-hybridized carbons (Fsp3) is 0.562. The summed E-state index contributed by atoms with van der Waals surface area (Å²) >= 11 is 0. The Morgan fingerprint density at radius 1 is 1.27 bits per heavy atom. The molecule has 0 spiro atoms. The minimum atomic E-state index is 0.417. The van der Waals surface area contributed by atoms with Gasteiger partial charge in [-0.15, -0.1) is 5.10 Å². The molecule has 0 aliphatic carbocycles. The van der Waals surface area contributed by atoms with Crippen molar-refractivity contribution < 1.29 is 0 Å². The van der Waals surface area contributed by atoms with Crippen LogP contribution in [0.4, 0.5) is 5.82 Å². The zero-order valence-corrected chi connectivity index (χ0v) is 13.4. The molecule has 118 valence electrons. The van der Waals surface area contributed by atoms with Crippen LogP contribution in [0.5, 0.6) is 0 Å². The number of nitrogens with two attached hydrogens (primary N) is 1. The lowest BCUT2D eigenvalue weighted by Crippen LogP contribution is -2.33. The molecule has 3 heterocycles. The van der Waals surface area contributed by atoms with Crippen LogP contribution in [-0.2, 0) is 13.0 Å². The van der Waals surface area contributed by atoms with Crippen LogP contribution in [0.2, 0.25) is 0 Å². The second-order valence-electron chi connectivity index (χ2n) is 6.00. The summed E-state index contributed by atoms with van der Waals surface area (Å²) in [6.45, 7) is 7.01. The average molecular weight is 300 g/mol. The minimum absolute atomic E-state index is 0.417. The van der Waals surface area contributed by atoms with Crippen molar-refractivity contribution in [3.05, 3.63) is 29.7 Å². The van der Waals surface area contributed by atoms with Crippen molar-refractivity contribution >= 4 is 5.82 Å². The molecule has 2 N–H and O–H groups in total. The lowest BCUT2D eigenvalue weighted by molar-refractivity contribution is 0.436. The van der Waals surface area contributed by atoms with E-state index in [2.05, 4.69) is 46.2 Å². The molecular formula is C16H24N6. The third-order valence-corrected chi connectivity index (χ3v) is 4.46. The Morgan fingerprint density at radius 2 is 2.05 bits per heavy atom. The van der Waals surface area contributed by atoms with E-state index >= 15 is 0 Å². The van der Waals surface area contributed by atoms with Gasteiger partial charge in [0.25, 0.3) is 0 Å². The second-order valence-corrected chi connectivity index (χ2v) is 6.00. The maximum Gasteiger partial charge on any atom is 0.128 e. The lowest BCUT2D eigenvalue weighted by atomic mass is 9.99. The van der Waals surface area contributed by atoms with E-state index in [1.165, 1.54) is 12.8 Å². The molecule has 3 rings (SSSR count). The smallest absolute Gasteiger partial charge is 0.128 e. The molecule has 1 aliphatic heterocycles. The molecule has 0 aromatic carbocycles. The van der Waals surface area contributed by atoms with Crippen LogP contribution >= 0.6 is 0 Å². The van der Waals surface area contributed by atoms with Gasteiger partial charge in [-0.1, -0.05) is 19.1 Å². The molecule has 0 bridgehead atoms. The SMILES string of the molecule is CCc1c(CN)nnn1-c1ccc(N2CCC(C)CC2)nc1. The van der Waals surface area contributed by atoms with Gasteiger partial charge in [0.1, 0.15) is 5.82 Å². The second kappa shape index (κ2) is 6.44. The van der Waals surface area contributed by atoms with Crippen LogP contribution in [0.15, 0.2) is 18.3 Å². The van der Waals surface area contributed by atoms with E-state index in [0.717, 1.165) is 48.3 Å². The first-order valence-electron chi connectivity index (χ1n) is 8.07. The fourth-order valence-electron chi connectivity index (χ4n) is 2.98. The van der Waals surface area contributed by atoms with Gasteiger partial charge in [0.05, 0.1) is 23.3 Å². The summed E-state index contributed by atoms with van der Waals surface area (Å²) in [4.78, 5) is 6.98. The van der Waals surface area contributed by atoms with Crippen LogP contribution in [0.3, 0.4) is 0 Å². The van der Waals surface area contributed by atoms with Gasteiger partial charge in [-0.05, 0) is 37.3 Å². The molecule has 6 heteroatoms. The molecule has 0 atom stereocenters. The van der Waals surface area contributed by atoms with E-state index in [9.17, 15) is 0 Å². The summed E-state index contributed by atoms with van der Waals surface area (Å²) in [6, 6.07) is 4.14. The quantitative estimate of drug-likeness (QED) is 0.934. The van der Waals surface area contributed by atoms with Gasteiger partial charge in [0.2, 0.25) is 0 Å². The molecule has 1 fully saturated rings. The van der Waals surface area contributed by atoms with Crippen LogP contribution in [0.25, 0.3) is 5.69 Å². The normalized spacial score (nSPS) is 16.2. The number of nitrogens with zero attached hydrogens (tertiary/aromatic N) is 5. The molecule has 2 aromatic rings. The van der Waals surface area contributed by atoms with Crippen LogP contribution in [-0.4, -0.2) is 33.1 Å². The van der Waals surface area contributed by atoms with E-state index in [1.54, 1.807) is 0 Å². The first kappa shape index (κ1) is 15.0. The summed E-state index contributed by atoms with van der Waals surface area (Å²) in [5, 5.41) is 8.37. The monoisotopic (exact) mass is 300 g/mol. The topological polar surface area (TPSA) is 72.9 Å². The highest BCUT2D eigenvalue weighted by molar-refractivity contribution is 5.44.